The van der Waals surface area contributed by atoms with Crippen molar-refractivity contribution in [1.82, 2.24) is 9.97 Å². The number of methoxy groups -OCH3 is 1. The minimum Gasteiger partial charge on any atom is -0.496 e. The molecule has 0 fully saturated rings. The van der Waals surface area contributed by atoms with Crippen molar-refractivity contribution in [2.24, 2.45) is 0 Å². The number of Topliss-reactive ketones (excluding diaryl/α,β-unsaturated/α-hetero) is 1. The molecule has 0 bridgehead atoms. The molecule has 128 valence electrons. The van der Waals surface area contributed by atoms with Gasteiger partial charge in [-0.05, 0) is 43.3 Å². The van der Waals surface area contributed by atoms with Crippen molar-refractivity contribution in [2.45, 2.75) is 13.3 Å². The Morgan fingerprint density at radius 1 is 1.08 bits per heavy atom. The Bertz CT molecular complexity index is 1020. The Morgan fingerprint density at radius 3 is 2.56 bits per heavy atom. The average Bonchev–Trinajstić information content (AvgIpc) is 2.93. The molecule has 0 saturated heterocycles. The number of amides is 1. The van der Waals surface area contributed by atoms with Gasteiger partial charge in [-0.3, -0.25) is 9.59 Å². The zero-order valence-electron chi connectivity index (χ0n) is 13.8. The number of ether oxygens (including phenoxy) is 1. The first-order chi connectivity index (χ1) is 12.0. The van der Waals surface area contributed by atoms with E-state index in [1.165, 1.54) is 14.0 Å². The maximum absolute atomic E-state index is 12.3. The summed E-state index contributed by atoms with van der Waals surface area (Å²) >= 11 is 0. The zero-order chi connectivity index (χ0) is 18.0. The van der Waals surface area contributed by atoms with Crippen LogP contribution in [0, 0.1) is 0 Å². The number of carbonyl (C=O) groups is 2. The lowest BCUT2D eigenvalue weighted by Crippen LogP contribution is -2.15. The molecule has 0 aliphatic rings. The van der Waals surface area contributed by atoms with Gasteiger partial charge >= 0.3 is 5.69 Å². The Balaban J connectivity index is 1.80. The molecule has 0 unspecified atom stereocenters. The van der Waals surface area contributed by atoms with Crippen LogP contribution < -0.4 is 15.7 Å². The van der Waals surface area contributed by atoms with Crippen LogP contribution in [0.2, 0.25) is 0 Å². The summed E-state index contributed by atoms with van der Waals surface area (Å²) in [6, 6.07) is 10.1. The number of hydrogen-bond donors (Lipinski definition) is 3. The van der Waals surface area contributed by atoms with Crippen molar-refractivity contribution < 1.29 is 14.3 Å². The molecule has 0 saturated carbocycles. The number of nitrogens with one attached hydrogen (secondary N) is 3. The topological polar surface area (TPSA) is 104 Å². The summed E-state index contributed by atoms with van der Waals surface area (Å²) in [6.45, 7) is 1.47. The molecule has 1 aromatic heterocycles. The van der Waals surface area contributed by atoms with Gasteiger partial charge in [0.2, 0.25) is 5.91 Å². The van der Waals surface area contributed by atoms with Crippen LogP contribution in [0.5, 0.6) is 5.75 Å². The minimum absolute atomic E-state index is 0.0615. The number of fused-ring (bicyclic) bond motifs is 1. The summed E-state index contributed by atoms with van der Waals surface area (Å²) in [6.07, 6.45) is 0.0615. The van der Waals surface area contributed by atoms with Crippen LogP contribution in [0.4, 0.5) is 5.69 Å². The van der Waals surface area contributed by atoms with Gasteiger partial charge in [-0.25, -0.2) is 4.79 Å². The van der Waals surface area contributed by atoms with Crippen LogP contribution >= 0.6 is 0 Å². The van der Waals surface area contributed by atoms with Crippen molar-refractivity contribution in [3.63, 3.8) is 0 Å². The average molecular weight is 339 g/mol. The van der Waals surface area contributed by atoms with E-state index in [-0.39, 0.29) is 23.8 Å². The number of aromatic amines is 2. The van der Waals surface area contributed by atoms with Crippen LogP contribution in [0.1, 0.15) is 22.8 Å². The summed E-state index contributed by atoms with van der Waals surface area (Å²) in [5.74, 6) is 0.216. The Labute approximate surface area is 143 Å². The number of ketones is 1. The molecule has 1 heterocycles. The Kier molecular flexibility index (Phi) is 4.38. The summed E-state index contributed by atoms with van der Waals surface area (Å²) in [5.41, 5.74) is 2.69. The van der Waals surface area contributed by atoms with Gasteiger partial charge in [0.15, 0.2) is 5.78 Å². The molecule has 0 aliphatic carbocycles. The molecule has 1 amide bonds. The second-order valence-corrected chi connectivity index (χ2v) is 5.65. The highest BCUT2D eigenvalue weighted by molar-refractivity contribution is 5.96. The number of carbonyl (C=O) groups excluding carboxylic acids is 2. The SMILES string of the molecule is COc1ccc(C(C)=O)cc1CC(=O)Nc1ccc2[nH]c(=O)[nH]c2c1. The number of benzene rings is 2. The highest BCUT2D eigenvalue weighted by Gasteiger charge is 2.12. The number of anilines is 1. The summed E-state index contributed by atoms with van der Waals surface area (Å²) in [7, 11) is 1.51. The van der Waals surface area contributed by atoms with Gasteiger partial charge in [0.25, 0.3) is 0 Å². The maximum atomic E-state index is 12.3. The number of H-pyrrole nitrogens is 2. The largest absolute Gasteiger partial charge is 0.496 e. The monoisotopic (exact) mass is 339 g/mol. The molecular weight excluding hydrogens is 322 g/mol. The maximum Gasteiger partial charge on any atom is 0.323 e. The Hall–Kier alpha value is -3.35. The van der Waals surface area contributed by atoms with Gasteiger partial charge in [0.1, 0.15) is 5.75 Å². The van der Waals surface area contributed by atoms with Gasteiger partial charge in [-0.2, -0.15) is 0 Å². The molecule has 0 aliphatic heterocycles. The van der Waals surface area contributed by atoms with Crippen LogP contribution in [-0.4, -0.2) is 28.8 Å². The van der Waals surface area contributed by atoms with Crippen LogP contribution in [0.15, 0.2) is 41.2 Å². The highest BCUT2D eigenvalue weighted by Crippen LogP contribution is 2.22. The smallest absolute Gasteiger partial charge is 0.323 e. The van der Waals surface area contributed by atoms with Gasteiger partial charge in [-0.15, -0.1) is 0 Å². The minimum atomic E-state index is -0.302. The second-order valence-electron chi connectivity index (χ2n) is 5.65. The van der Waals surface area contributed by atoms with Crippen molar-refractivity contribution in [1.29, 1.82) is 0 Å². The fraction of sp³-hybridized carbons (Fsp3) is 0.167. The number of hydrogen-bond acceptors (Lipinski definition) is 4. The van der Waals surface area contributed by atoms with Crippen molar-refractivity contribution in [2.75, 3.05) is 12.4 Å². The van der Waals surface area contributed by atoms with Gasteiger partial charge in [0, 0.05) is 16.8 Å². The molecule has 25 heavy (non-hydrogen) atoms. The molecule has 7 heteroatoms. The molecule has 3 N–H and O–H groups in total. The quantitative estimate of drug-likeness (QED) is 0.620. The first-order valence-corrected chi connectivity index (χ1v) is 7.66. The third-order valence-electron chi connectivity index (χ3n) is 3.84. The third kappa shape index (κ3) is 3.60. The predicted molar refractivity (Wildman–Crippen MR) is 94.3 cm³/mol. The standard InChI is InChI=1S/C18H17N3O4/c1-10(22)11-3-6-16(25-2)12(7-11)8-17(23)19-13-4-5-14-15(9-13)21-18(24)20-14/h3-7,9H,8H2,1-2H3,(H,19,23)(H2,20,21,24). The normalized spacial score (nSPS) is 10.6. The third-order valence-corrected chi connectivity index (χ3v) is 3.84. The van der Waals surface area contributed by atoms with Crippen molar-refractivity contribution >= 4 is 28.4 Å². The predicted octanol–water partition coefficient (Wildman–Crippen LogP) is 2.25. The summed E-state index contributed by atoms with van der Waals surface area (Å²) < 4.78 is 5.26. The van der Waals surface area contributed by atoms with E-state index in [2.05, 4.69) is 15.3 Å². The van der Waals surface area contributed by atoms with E-state index in [1.54, 1.807) is 36.4 Å². The van der Waals surface area contributed by atoms with Crippen LogP contribution in [0.25, 0.3) is 11.0 Å². The highest BCUT2D eigenvalue weighted by atomic mass is 16.5. The molecule has 2 aromatic carbocycles. The van der Waals surface area contributed by atoms with E-state index in [0.29, 0.717) is 33.6 Å². The molecule has 3 rings (SSSR count). The fourth-order valence-corrected chi connectivity index (χ4v) is 2.62. The molecule has 3 aromatic rings. The van der Waals surface area contributed by atoms with Gasteiger partial charge in [-0.1, -0.05) is 0 Å². The number of aromatic nitrogens is 2. The van der Waals surface area contributed by atoms with E-state index in [0.717, 1.165) is 0 Å². The first-order valence-electron chi connectivity index (χ1n) is 7.66. The zero-order valence-corrected chi connectivity index (χ0v) is 13.8. The molecule has 0 spiro atoms. The van der Waals surface area contributed by atoms with E-state index < -0.39 is 0 Å². The van der Waals surface area contributed by atoms with E-state index in [4.69, 9.17) is 4.74 Å². The number of rotatable bonds is 5. The number of imidazole rings is 1. The lowest BCUT2D eigenvalue weighted by atomic mass is 10.0. The van der Waals surface area contributed by atoms with Crippen LogP contribution in [0.3, 0.4) is 0 Å². The van der Waals surface area contributed by atoms with Crippen molar-refractivity contribution in [3.05, 3.63) is 58.0 Å². The molecule has 0 atom stereocenters. The lowest BCUT2D eigenvalue weighted by Gasteiger charge is -2.10. The fourth-order valence-electron chi connectivity index (χ4n) is 2.62. The summed E-state index contributed by atoms with van der Waals surface area (Å²) in [5, 5.41) is 2.78. The van der Waals surface area contributed by atoms with Crippen LogP contribution in [-0.2, 0) is 11.2 Å². The van der Waals surface area contributed by atoms with Gasteiger partial charge in [0.05, 0.1) is 24.6 Å². The molecular formula is C18H17N3O4. The Morgan fingerprint density at radius 2 is 1.84 bits per heavy atom. The lowest BCUT2D eigenvalue weighted by molar-refractivity contribution is -0.115. The summed E-state index contributed by atoms with van der Waals surface area (Å²) in [4.78, 5) is 40.4. The molecule has 0 radical (unpaired) electrons. The van der Waals surface area contributed by atoms with E-state index in [9.17, 15) is 14.4 Å². The van der Waals surface area contributed by atoms with Crippen molar-refractivity contribution in [3.8, 4) is 5.75 Å². The molecule has 7 nitrogen and oxygen atoms in total. The van der Waals surface area contributed by atoms with Gasteiger partial charge < -0.3 is 20.0 Å². The van der Waals surface area contributed by atoms with E-state index in [1.807, 2.05) is 0 Å². The van der Waals surface area contributed by atoms with E-state index >= 15 is 0 Å². The first kappa shape index (κ1) is 16.5. The second kappa shape index (κ2) is 6.64.